The lowest BCUT2D eigenvalue weighted by molar-refractivity contribution is 0.661. The minimum Gasteiger partial charge on any atom is -0.208 e. The van der Waals surface area contributed by atoms with Crippen LogP contribution in [0.3, 0.4) is 0 Å². The molecule has 0 amide bonds. The lowest BCUT2D eigenvalue weighted by Gasteiger charge is -2.21. The minimum absolute atomic E-state index is 0.0843. The number of nitrogens with zero attached hydrogens (tertiary/aromatic N) is 3. The van der Waals surface area contributed by atoms with E-state index < -0.39 is 0 Å². The van der Waals surface area contributed by atoms with Gasteiger partial charge in [-0.3, -0.25) is 0 Å². The maximum atomic E-state index is 5.02. The molecule has 0 N–H and O–H groups in total. The number of benzene rings is 7. The first-order chi connectivity index (χ1) is 24.0. The standard InChI is InChI=1S/C46H33N3/c1-46(2)39-19-11-18-38(41(39)42-37-17-10-9-14-32(37)28-29-40(42)46)33-22-26-36(27-23-33)45-48-43(34-15-7-4-8-16-34)47-44(49-45)35-24-20-31(21-25-35)30-12-5-3-6-13-30/h3-29H,1-2H3. The first kappa shape index (κ1) is 29.0. The molecule has 0 atom stereocenters. The van der Waals surface area contributed by atoms with Crippen LogP contribution in [0.25, 0.3) is 78.3 Å². The Hall–Kier alpha value is -6.19. The molecule has 1 aliphatic rings. The SMILES string of the molecule is CC1(C)c2cccc(-c3ccc(-c4nc(-c5ccccc5)nc(-c5ccc(-c6ccccc6)cc5)n4)cc3)c2-c2c1ccc1ccccc21. The van der Waals surface area contributed by atoms with Crippen molar-refractivity contribution in [2.24, 2.45) is 0 Å². The summed E-state index contributed by atoms with van der Waals surface area (Å²) in [5, 5.41) is 2.57. The summed E-state index contributed by atoms with van der Waals surface area (Å²) >= 11 is 0. The van der Waals surface area contributed by atoms with Crippen molar-refractivity contribution in [3.05, 3.63) is 175 Å². The van der Waals surface area contributed by atoms with E-state index in [1.54, 1.807) is 0 Å². The van der Waals surface area contributed by atoms with Gasteiger partial charge in [0.1, 0.15) is 0 Å². The third kappa shape index (κ3) is 4.94. The third-order valence-corrected chi connectivity index (χ3v) is 9.96. The van der Waals surface area contributed by atoms with Crippen LogP contribution in [0.5, 0.6) is 0 Å². The monoisotopic (exact) mass is 627 g/mol. The normalized spacial score (nSPS) is 12.9. The third-order valence-electron chi connectivity index (χ3n) is 9.96. The fourth-order valence-corrected chi connectivity index (χ4v) is 7.38. The van der Waals surface area contributed by atoms with E-state index in [9.17, 15) is 0 Å². The molecule has 7 aromatic carbocycles. The molecule has 232 valence electrons. The number of rotatable bonds is 5. The van der Waals surface area contributed by atoms with Crippen molar-refractivity contribution < 1.29 is 0 Å². The summed E-state index contributed by atoms with van der Waals surface area (Å²) < 4.78 is 0. The van der Waals surface area contributed by atoms with Gasteiger partial charge < -0.3 is 0 Å². The van der Waals surface area contributed by atoms with Crippen LogP contribution in [0.15, 0.2) is 164 Å². The summed E-state index contributed by atoms with van der Waals surface area (Å²) in [6, 6.07) is 57.8. The van der Waals surface area contributed by atoms with Gasteiger partial charge in [0.25, 0.3) is 0 Å². The van der Waals surface area contributed by atoms with Gasteiger partial charge >= 0.3 is 0 Å². The van der Waals surface area contributed by atoms with E-state index in [0.717, 1.165) is 22.3 Å². The lowest BCUT2D eigenvalue weighted by Crippen LogP contribution is -2.14. The fourth-order valence-electron chi connectivity index (χ4n) is 7.38. The van der Waals surface area contributed by atoms with Crippen LogP contribution in [0.1, 0.15) is 25.0 Å². The molecule has 0 bridgehead atoms. The highest BCUT2D eigenvalue weighted by Crippen LogP contribution is 2.54. The molecule has 3 nitrogen and oxygen atoms in total. The van der Waals surface area contributed by atoms with E-state index in [-0.39, 0.29) is 5.41 Å². The number of aromatic nitrogens is 3. The Morgan fingerprint density at radius 2 is 0.816 bits per heavy atom. The second-order valence-corrected chi connectivity index (χ2v) is 13.3. The molecule has 3 heteroatoms. The first-order valence-corrected chi connectivity index (χ1v) is 16.8. The molecule has 0 unspecified atom stereocenters. The largest absolute Gasteiger partial charge is 0.208 e. The van der Waals surface area contributed by atoms with Crippen LogP contribution < -0.4 is 0 Å². The van der Waals surface area contributed by atoms with Crippen molar-refractivity contribution >= 4 is 10.8 Å². The molecule has 8 aromatic rings. The Kier molecular flexibility index (Phi) is 6.80. The van der Waals surface area contributed by atoms with Gasteiger partial charge in [0.2, 0.25) is 0 Å². The van der Waals surface area contributed by atoms with Crippen molar-refractivity contribution in [3.63, 3.8) is 0 Å². The molecule has 0 saturated heterocycles. The van der Waals surface area contributed by atoms with Crippen LogP contribution in [0.4, 0.5) is 0 Å². The van der Waals surface area contributed by atoms with Gasteiger partial charge in [0.05, 0.1) is 0 Å². The van der Waals surface area contributed by atoms with Gasteiger partial charge in [-0.2, -0.15) is 0 Å². The van der Waals surface area contributed by atoms with Gasteiger partial charge in [-0.25, -0.2) is 15.0 Å². The Morgan fingerprint density at radius 1 is 0.347 bits per heavy atom. The van der Waals surface area contributed by atoms with Crippen LogP contribution in [0.2, 0.25) is 0 Å². The number of hydrogen-bond acceptors (Lipinski definition) is 3. The van der Waals surface area contributed by atoms with E-state index in [1.807, 2.05) is 36.4 Å². The Labute approximate surface area is 286 Å². The average Bonchev–Trinajstić information content (AvgIpc) is 3.42. The highest BCUT2D eigenvalue weighted by atomic mass is 15.0. The van der Waals surface area contributed by atoms with E-state index in [2.05, 4.69) is 141 Å². The van der Waals surface area contributed by atoms with Gasteiger partial charge in [-0.05, 0) is 55.3 Å². The zero-order valence-corrected chi connectivity index (χ0v) is 27.4. The van der Waals surface area contributed by atoms with Crippen molar-refractivity contribution in [2.75, 3.05) is 0 Å². The molecule has 9 rings (SSSR count). The molecular formula is C46H33N3. The molecule has 0 radical (unpaired) electrons. The molecule has 1 aromatic heterocycles. The van der Waals surface area contributed by atoms with Gasteiger partial charge in [0, 0.05) is 22.1 Å². The Morgan fingerprint density at radius 3 is 1.45 bits per heavy atom. The van der Waals surface area contributed by atoms with E-state index >= 15 is 0 Å². The zero-order chi connectivity index (χ0) is 33.0. The first-order valence-electron chi connectivity index (χ1n) is 16.8. The second-order valence-electron chi connectivity index (χ2n) is 13.3. The maximum Gasteiger partial charge on any atom is 0.164 e. The summed E-state index contributed by atoms with van der Waals surface area (Å²) in [6.45, 7) is 4.69. The highest BCUT2D eigenvalue weighted by molar-refractivity contribution is 6.06. The molecule has 49 heavy (non-hydrogen) atoms. The van der Waals surface area contributed by atoms with Crippen molar-refractivity contribution in [1.82, 2.24) is 15.0 Å². The fraction of sp³-hybridized carbons (Fsp3) is 0.0652. The van der Waals surface area contributed by atoms with Crippen LogP contribution >= 0.6 is 0 Å². The van der Waals surface area contributed by atoms with Crippen molar-refractivity contribution in [2.45, 2.75) is 19.3 Å². The molecule has 0 fully saturated rings. The summed E-state index contributed by atoms with van der Waals surface area (Å²) in [6.07, 6.45) is 0. The van der Waals surface area contributed by atoms with Crippen molar-refractivity contribution in [3.8, 4) is 67.5 Å². The number of hydrogen-bond donors (Lipinski definition) is 0. The maximum absolute atomic E-state index is 5.02. The molecule has 1 heterocycles. The zero-order valence-electron chi connectivity index (χ0n) is 27.4. The van der Waals surface area contributed by atoms with Crippen LogP contribution in [-0.4, -0.2) is 15.0 Å². The predicted molar refractivity (Wildman–Crippen MR) is 202 cm³/mol. The molecule has 1 aliphatic carbocycles. The number of fused-ring (bicyclic) bond motifs is 5. The average molecular weight is 628 g/mol. The molecule has 0 aliphatic heterocycles. The summed E-state index contributed by atoms with van der Waals surface area (Å²) in [5.41, 5.74) is 13.0. The quantitative estimate of drug-likeness (QED) is 0.191. The summed E-state index contributed by atoms with van der Waals surface area (Å²) in [5.74, 6) is 1.96. The predicted octanol–water partition coefficient (Wildman–Crippen LogP) is 11.7. The molecule has 0 saturated carbocycles. The van der Waals surface area contributed by atoms with E-state index in [4.69, 9.17) is 15.0 Å². The van der Waals surface area contributed by atoms with Crippen LogP contribution in [-0.2, 0) is 5.41 Å². The topological polar surface area (TPSA) is 38.7 Å². The van der Waals surface area contributed by atoms with Gasteiger partial charge in [-0.15, -0.1) is 0 Å². The van der Waals surface area contributed by atoms with Gasteiger partial charge in [-0.1, -0.05) is 178 Å². The van der Waals surface area contributed by atoms with E-state index in [1.165, 1.54) is 49.7 Å². The highest BCUT2D eigenvalue weighted by Gasteiger charge is 2.37. The van der Waals surface area contributed by atoms with Crippen LogP contribution in [0, 0.1) is 0 Å². The summed E-state index contributed by atoms with van der Waals surface area (Å²) in [4.78, 5) is 15.0. The second kappa shape index (κ2) is 11.5. The Bertz CT molecular complexity index is 2480. The Balaban J connectivity index is 1.14. The molecular weight excluding hydrogens is 595 g/mol. The minimum atomic E-state index is -0.0843. The lowest BCUT2D eigenvalue weighted by atomic mass is 9.81. The van der Waals surface area contributed by atoms with Crippen molar-refractivity contribution in [1.29, 1.82) is 0 Å². The van der Waals surface area contributed by atoms with Gasteiger partial charge in [0.15, 0.2) is 17.5 Å². The summed E-state index contributed by atoms with van der Waals surface area (Å²) in [7, 11) is 0. The van der Waals surface area contributed by atoms with E-state index in [0.29, 0.717) is 17.5 Å². The molecule has 0 spiro atoms. The smallest absolute Gasteiger partial charge is 0.164 e.